The molecule has 0 bridgehead atoms. The van der Waals surface area contributed by atoms with Gasteiger partial charge in [0.2, 0.25) is 0 Å². The first-order valence-electron chi connectivity index (χ1n) is 7.97. The summed E-state index contributed by atoms with van der Waals surface area (Å²) in [6.07, 6.45) is 3.72. The molecule has 0 atom stereocenters. The first kappa shape index (κ1) is 19.5. The second-order valence-electron chi connectivity index (χ2n) is 5.30. The molecule has 7 heteroatoms. The third-order valence-electron chi connectivity index (χ3n) is 3.51. The van der Waals surface area contributed by atoms with Crippen molar-refractivity contribution in [1.82, 2.24) is 20.4 Å². The standard InChI is InChI=1S/C18H21N5S.HI/c1-2-19-18(21-13-16-8-11-24-14-16)20-12-15-4-6-17(7-5-15)23-10-3-9-22-23;/h3-11,14H,2,12-13H2,1H3,(H2,19,20,21);1H. The van der Waals surface area contributed by atoms with Gasteiger partial charge in [-0.2, -0.15) is 16.4 Å². The molecule has 5 nitrogen and oxygen atoms in total. The van der Waals surface area contributed by atoms with E-state index in [9.17, 15) is 0 Å². The average Bonchev–Trinajstić information content (AvgIpc) is 3.31. The fourth-order valence-electron chi connectivity index (χ4n) is 2.27. The van der Waals surface area contributed by atoms with Gasteiger partial charge in [-0.05, 0) is 53.1 Å². The van der Waals surface area contributed by atoms with Gasteiger partial charge in [0.25, 0.3) is 0 Å². The van der Waals surface area contributed by atoms with Crippen LogP contribution in [-0.4, -0.2) is 22.3 Å². The molecular formula is C18H22IN5S. The van der Waals surface area contributed by atoms with E-state index in [4.69, 9.17) is 0 Å². The lowest BCUT2D eigenvalue weighted by Gasteiger charge is -2.11. The van der Waals surface area contributed by atoms with Gasteiger partial charge in [-0.15, -0.1) is 24.0 Å². The molecule has 2 aromatic heterocycles. The smallest absolute Gasteiger partial charge is 0.191 e. The maximum Gasteiger partial charge on any atom is 0.191 e. The van der Waals surface area contributed by atoms with E-state index in [-0.39, 0.29) is 24.0 Å². The Morgan fingerprint density at radius 2 is 2.00 bits per heavy atom. The Balaban J connectivity index is 0.00000225. The van der Waals surface area contributed by atoms with Gasteiger partial charge in [0.15, 0.2) is 5.96 Å². The molecule has 3 aromatic rings. The van der Waals surface area contributed by atoms with E-state index in [0.717, 1.165) is 24.7 Å². The summed E-state index contributed by atoms with van der Waals surface area (Å²) in [6.45, 7) is 4.33. The van der Waals surface area contributed by atoms with Crippen molar-refractivity contribution >= 4 is 41.3 Å². The maximum atomic E-state index is 4.62. The van der Waals surface area contributed by atoms with Crippen molar-refractivity contribution in [3.8, 4) is 5.69 Å². The van der Waals surface area contributed by atoms with Crippen molar-refractivity contribution in [2.24, 2.45) is 4.99 Å². The molecule has 1 aromatic carbocycles. The van der Waals surface area contributed by atoms with Gasteiger partial charge in [-0.25, -0.2) is 9.67 Å². The Kier molecular flexibility index (Phi) is 7.93. The van der Waals surface area contributed by atoms with Crippen LogP contribution in [0.1, 0.15) is 18.1 Å². The van der Waals surface area contributed by atoms with Gasteiger partial charge in [-0.1, -0.05) is 12.1 Å². The quantitative estimate of drug-likeness (QED) is 0.330. The van der Waals surface area contributed by atoms with Crippen LogP contribution in [0.5, 0.6) is 0 Å². The normalized spacial score (nSPS) is 11.0. The molecule has 0 fully saturated rings. The van der Waals surface area contributed by atoms with Crippen LogP contribution in [0.15, 0.2) is 64.5 Å². The molecule has 2 heterocycles. The summed E-state index contributed by atoms with van der Waals surface area (Å²) < 4.78 is 1.85. The van der Waals surface area contributed by atoms with Gasteiger partial charge in [0.05, 0.1) is 12.2 Å². The number of thiophene rings is 1. The minimum Gasteiger partial charge on any atom is -0.357 e. The molecule has 132 valence electrons. The molecule has 3 rings (SSSR count). The van der Waals surface area contributed by atoms with E-state index in [0.29, 0.717) is 6.54 Å². The number of halogens is 1. The number of hydrogen-bond donors (Lipinski definition) is 2. The van der Waals surface area contributed by atoms with Crippen molar-refractivity contribution in [2.75, 3.05) is 6.54 Å². The minimum atomic E-state index is 0. The van der Waals surface area contributed by atoms with Crippen LogP contribution < -0.4 is 10.6 Å². The summed E-state index contributed by atoms with van der Waals surface area (Å²) in [6, 6.07) is 12.4. The van der Waals surface area contributed by atoms with Gasteiger partial charge < -0.3 is 10.6 Å². The van der Waals surface area contributed by atoms with Crippen LogP contribution in [0.3, 0.4) is 0 Å². The van der Waals surface area contributed by atoms with Crippen LogP contribution >= 0.6 is 35.3 Å². The zero-order chi connectivity index (χ0) is 16.6. The summed E-state index contributed by atoms with van der Waals surface area (Å²) in [7, 11) is 0. The first-order valence-corrected chi connectivity index (χ1v) is 8.91. The van der Waals surface area contributed by atoms with Crippen LogP contribution in [0.2, 0.25) is 0 Å². The topological polar surface area (TPSA) is 54.2 Å². The fourth-order valence-corrected chi connectivity index (χ4v) is 2.93. The SMILES string of the molecule is CCNC(=NCc1ccsc1)NCc1ccc(-n2cccn2)cc1.I. The van der Waals surface area contributed by atoms with Crippen molar-refractivity contribution in [2.45, 2.75) is 20.0 Å². The van der Waals surface area contributed by atoms with Crippen molar-refractivity contribution in [3.05, 3.63) is 70.7 Å². The third-order valence-corrected chi connectivity index (χ3v) is 4.24. The number of aromatic nitrogens is 2. The van der Waals surface area contributed by atoms with E-state index in [2.05, 4.69) is 68.7 Å². The lowest BCUT2D eigenvalue weighted by molar-refractivity contribution is 0.815. The van der Waals surface area contributed by atoms with E-state index in [1.54, 1.807) is 17.5 Å². The van der Waals surface area contributed by atoms with Crippen molar-refractivity contribution in [3.63, 3.8) is 0 Å². The number of hydrogen-bond acceptors (Lipinski definition) is 3. The zero-order valence-corrected chi connectivity index (χ0v) is 17.2. The maximum absolute atomic E-state index is 4.62. The number of nitrogens with zero attached hydrogens (tertiary/aromatic N) is 3. The highest BCUT2D eigenvalue weighted by molar-refractivity contribution is 14.0. The third kappa shape index (κ3) is 5.86. The van der Waals surface area contributed by atoms with Crippen LogP contribution in [0.4, 0.5) is 0 Å². The largest absolute Gasteiger partial charge is 0.357 e. The number of nitrogens with one attached hydrogen (secondary N) is 2. The lowest BCUT2D eigenvalue weighted by atomic mass is 10.2. The zero-order valence-electron chi connectivity index (χ0n) is 14.1. The minimum absolute atomic E-state index is 0. The highest BCUT2D eigenvalue weighted by atomic mass is 127. The molecule has 0 unspecified atom stereocenters. The summed E-state index contributed by atoms with van der Waals surface area (Å²) in [5, 5.41) is 15.1. The second-order valence-corrected chi connectivity index (χ2v) is 6.08. The summed E-state index contributed by atoms with van der Waals surface area (Å²) in [5.41, 5.74) is 3.50. The molecule has 0 radical (unpaired) electrons. The highest BCUT2D eigenvalue weighted by Crippen LogP contribution is 2.09. The summed E-state index contributed by atoms with van der Waals surface area (Å²) >= 11 is 1.70. The Morgan fingerprint density at radius 3 is 2.64 bits per heavy atom. The van der Waals surface area contributed by atoms with Gasteiger partial charge in [-0.3, -0.25) is 0 Å². The Labute approximate surface area is 169 Å². The Morgan fingerprint density at radius 1 is 1.16 bits per heavy atom. The Hall–Kier alpha value is -1.87. The molecule has 25 heavy (non-hydrogen) atoms. The molecule has 0 saturated carbocycles. The molecular weight excluding hydrogens is 445 g/mol. The monoisotopic (exact) mass is 467 g/mol. The molecule has 2 N–H and O–H groups in total. The predicted octanol–water partition coefficient (Wildman–Crippen LogP) is 3.81. The van der Waals surface area contributed by atoms with Crippen LogP contribution in [0, 0.1) is 0 Å². The molecule has 0 aliphatic carbocycles. The number of guanidine groups is 1. The summed E-state index contributed by atoms with van der Waals surface area (Å²) in [4.78, 5) is 4.62. The molecule has 0 spiro atoms. The molecule has 0 amide bonds. The average molecular weight is 467 g/mol. The number of benzene rings is 1. The van der Waals surface area contributed by atoms with Crippen LogP contribution in [-0.2, 0) is 13.1 Å². The second kappa shape index (κ2) is 10.2. The lowest BCUT2D eigenvalue weighted by Crippen LogP contribution is -2.36. The van der Waals surface area contributed by atoms with E-state index < -0.39 is 0 Å². The molecule has 0 saturated heterocycles. The molecule has 0 aliphatic heterocycles. The number of rotatable bonds is 6. The van der Waals surface area contributed by atoms with Crippen LogP contribution in [0.25, 0.3) is 5.69 Å². The van der Waals surface area contributed by atoms with E-state index in [1.807, 2.05) is 16.9 Å². The van der Waals surface area contributed by atoms with Crippen molar-refractivity contribution < 1.29 is 0 Å². The summed E-state index contributed by atoms with van der Waals surface area (Å²) in [5.74, 6) is 0.833. The van der Waals surface area contributed by atoms with E-state index in [1.165, 1.54) is 11.1 Å². The number of aliphatic imine (C=N–C) groups is 1. The fraction of sp³-hybridized carbons (Fsp3) is 0.222. The first-order chi connectivity index (χ1) is 11.8. The van der Waals surface area contributed by atoms with Gasteiger partial charge in [0.1, 0.15) is 0 Å². The Bertz CT molecular complexity index is 751. The van der Waals surface area contributed by atoms with Crippen molar-refractivity contribution in [1.29, 1.82) is 0 Å². The van der Waals surface area contributed by atoms with E-state index >= 15 is 0 Å². The highest BCUT2D eigenvalue weighted by Gasteiger charge is 2.00. The predicted molar refractivity (Wildman–Crippen MR) is 115 cm³/mol. The molecule has 0 aliphatic rings. The van der Waals surface area contributed by atoms with Gasteiger partial charge in [0, 0.05) is 25.5 Å². The van der Waals surface area contributed by atoms with Gasteiger partial charge >= 0.3 is 0 Å².